The second kappa shape index (κ2) is 9.83. The zero-order chi connectivity index (χ0) is 23.5. The molecule has 1 aliphatic heterocycles. The van der Waals surface area contributed by atoms with Gasteiger partial charge in [-0.1, -0.05) is 65.2 Å². The first kappa shape index (κ1) is 23.1. The van der Waals surface area contributed by atoms with E-state index in [0.29, 0.717) is 26.7 Å². The number of carbonyl (C=O) groups excluding carboxylic acids is 3. The number of carbonyl (C=O) groups is 3. The van der Waals surface area contributed by atoms with Crippen LogP contribution in [0, 0.1) is 6.92 Å². The maximum Gasteiger partial charge on any atom is 0.343 e. The minimum absolute atomic E-state index is 0.0298. The van der Waals surface area contributed by atoms with Crippen LogP contribution in [0.5, 0.6) is 5.75 Å². The SMILES string of the molecule is Cc1ccc(C(=O)Oc2ccccc2/C=C2\SC(=O)N(Cc3ccc(Cl)cc3Cl)C2=O)cc1. The second-order valence-corrected chi connectivity index (χ2v) is 9.13. The number of nitrogens with zero attached hydrogens (tertiary/aromatic N) is 1. The average molecular weight is 498 g/mol. The van der Waals surface area contributed by atoms with Crippen LogP contribution in [0.2, 0.25) is 10.0 Å². The number of benzene rings is 3. The molecule has 0 unspecified atom stereocenters. The van der Waals surface area contributed by atoms with Crippen LogP contribution in [-0.4, -0.2) is 22.0 Å². The summed E-state index contributed by atoms with van der Waals surface area (Å²) in [4.78, 5) is 39.3. The molecule has 1 fully saturated rings. The third kappa shape index (κ3) is 5.30. The first-order valence-electron chi connectivity index (χ1n) is 9.89. The summed E-state index contributed by atoms with van der Waals surface area (Å²) in [5, 5.41) is 0.430. The lowest BCUT2D eigenvalue weighted by Crippen LogP contribution is -2.27. The highest BCUT2D eigenvalue weighted by Gasteiger charge is 2.35. The fraction of sp³-hybridized carbons (Fsp3) is 0.0800. The molecule has 4 rings (SSSR count). The number of imide groups is 1. The van der Waals surface area contributed by atoms with Gasteiger partial charge >= 0.3 is 5.97 Å². The Kier molecular flexibility index (Phi) is 6.88. The Morgan fingerprint density at radius 1 is 1.03 bits per heavy atom. The molecule has 0 spiro atoms. The molecule has 3 aromatic rings. The van der Waals surface area contributed by atoms with E-state index in [1.807, 2.05) is 19.1 Å². The van der Waals surface area contributed by atoms with Gasteiger partial charge in [0.1, 0.15) is 5.75 Å². The monoisotopic (exact) mass is 497 g/mol. The molecular formula is C25H17Cl2NO4S. The van der Waals surface area contributed by atoms with Crippen LogP contribution in [0.4, 0.5) is 4.79 Å². The number of rotatable bonds is 5. The number of thioether (sulfide) groups is 1. The fourth-order valence-corrected chi connectivity index (χ4v) is 4.44. The predicted molar refractivity (Wildman–Crippen MR) is 131 cm³/mol. The number of hydrogen-bond acceptors (Lipinski definition) is 5. The first-order valence-corrected chi connectivity index (χ1v) is 11.5. The van der Waals surface area contributed by atoms with Crippen LogP contribution in [-0.2, 0) is 11.3 Å². The standard InChI is InChI=1S/C25H17Cl2NO4S/c1-15-6-8-16(9-7-15)24(30)32-21-5-3-2-4-17(21)12-22-23(29)28(25(31)33-22)14-18-10-11-19(26)13-20(18)27/h2-13H,14H2,1H3/b22-12-. The summed E-state index contributed by atoms with van der Waals surface area (Å²) in [7, 11) is 0. The maximum absolute atomic E-state index is 12.9. The minimum Gasteiger partial charge on any atom is -0.422 e. The Labute approximate surface area is 204 Å². The number of ether oxygens (including phenoxy) is 1. The lowest BCUT2D eigenvalue weighted by atomic mass is 10.1. The normalized spacial score (nSPS) is 14.8. The van der Waals surface area contributed by atoms with E-state index in [1.165, 1.54) is 0 Å². The Morgan fingerprint density at radius 2 is 1.76 bits per heavy atom. The summed E-state index contributed by atoms with van der Waals surface area (Å²) < 4.78 is 5.56. The van der Waals surface area contributed by atoms with E-state index in [2.05, 4.69) is 0 Å². The second-order valence-electron chi connectivity index (χ2n) is 7.30. The van der Waals surface area contributed by atoms with E-state index in [1.54, 1.807) is 60.7 Å². The summed E-state index contributed by atoms with van der Waals surface area (Å²) in [6.45, 7) is 1.96. The molecule has 1 heterocycles. The molecule has 5 nitrogen and oxygen atoms in total. The molecule has 166 valence electrons. The van der Waals surface area contributed by atoms with Gasteiger partial charge < -0.3 is 4.74 Å². The Morgan fingerprint density at radius 3 is 2.48 bits per heavy atom. The van der Waals surface area contributed by atoms with Gasteiger partial charge in [0.25, 0.3) is 11.1 Å². The molecule has 0 atom stereocenters. The molecule has 1 saturated heterocycles. The highest BCUT2D eigenvalue weighted by Crippen LogP contribution is 2.36. The number of halogens is 2. The van der Waals surface area contributed by atoms with Crippen molar-refractivity contribution in [3.8, 4) is 5.75 Å². The van der Waals surface area contributed by atoms with E-state index in [4.69, 9.17) is 27.9 Å². The van der Waals surface area contributed by atoms with E-state index in [9.17, 15) is 14.4 Å². The van der Waals surface area contributed by atoms with E-state index < -0.39 is 17.1 Å². The fourth-order valence-electron chi connectivity index (χ4n) is 3.14. The highest BCUT2D eigenvalue weighted by atomic mass is 35.5. The first-order chi connectivity index (χ1) is 15.8. The quantitative estimate of drug-likeness (QED) is 0.221. The van der Waals surface area contributed by atoms with Gasteiger partial charge in [-0.25, -0.2) is 4.79 Å². The van der Waals surface area contributed by atoms with E-state index in [0.717, 1.165) is 22.2 Å². The van der Waals surface area contributed by atoms with Gasteiger partial charge in [0, 0.05) is 15.6 Å². The van der Waals surface area contributed by atoms with Crippen molar-refractivity contribution in [2.45, 2.75) is 13.5 Å². The van der Waals surface area contributed by atoms with E-state index in [-0.39, 0.29) is 17.2 Å². The van der Waals surface area contributed by atoms with Gasteiger partial charge in [-0.05, 0) is 60.7 Å². The van der Waals surface area contributed by atoms with Crippen molar-refractivity contribution in [2.24, 2.45) is 0 Å². The van der Waals surface area contributed by atoms with Crippen molar-refractivity contribution in [1.82, 2.24) is 4.90 Å². The third-order valence-electron chi connectivity index (χ3n) is 4.91. The van der Waals surface area contributed by atoms with E-state index >= 15 is 0 Å². The molecule has 8 heteroatoms. The van der Waals surface area contributed by atoms with Crippen LogP contribution >= 0.6 is 35.0 Å². The molecule has 0 saturated carbocycles. The van der Waals surface area contributed by atoms with Gasteiger partial charge in [-0.2, -0.15) is 0 Å². The van der Waals surface area contributed by atoms with Gasteiger partial charge in [0.2, 0.25) is 0 Å². The van der Waals surface area contributed by atoms with Crippen molar-refractivity contribution >= 4 is 58.2 Å². The number of amides is 2. The van der Waals surface area contributed by atoms with Gasteiger partial charge in [0.05, 0.1) is 17.0 Å². The van der Waals surface area contributed by atoms with Crippen molar-refractivity contribution in [3.05, 3.63) is 104 Å². The summed E-state index contributed by atoms with van der Waals surface area (Å²) in [5.41, 5.74) is 2.56. The number of para-hydroxylation sites is 1. The van der Waals surface area contributed by atoms with Gasteiger partial charge in [-0.3, -0.25) is 14.5 Å². The Balaban J connectivity index is 1.55. The van der Waals surface area contributed by atoms with Crippen molar-refractivity contribution in [2.75, 3.05) is 0 Å². The Bertz CT molecular complexity index is 1290. The minimum atomic E-state index is -0.513. The highest BCUT2D eigenvalue weighted by molar-refractivity contribution is 8.18. The maximum atomic E-state index is 12.9. The lowest BCUT2D eigenvalue weighted by Gasteiger charge is -2.13. The van der Waals surface area contributed by atoms with Crippen molar-refractivity contribution in [1.29, 1.82) is 0 Å². The molecule has 33 heavy (non-hydrogen) atoms. The van der Waals surface area contributed by atoms with Gasteiger partial charge in [-0.15, -0.1) is 0 Å². The summed E-state index contributed by atoms with van der Waals surface area (Å²) >= 11 is 12.9. The number of hydrogen-bond donors (Lipinski definition) is 0. The van der Waals surface area contributed by atoms with Crippen molar-refractivity contribution in [3.63, 3.8) is 0 Å². The average Bonchev–Trinajstić information content (AvgIpc) is 3.04. The lowest BCUT2D eigenvalue weighted by molar-refractivity contribution is -0.123. The molecule has 0 aliphatic carbocycles. The number of esters is 1. The predicted octanol–water partition coefficient (Wildman–Crippen LogP) is 6.76. The third-order valence-corrected chi connectivity index (χ3v) is 6.41. The number of aryl methyl sites for hydroxylation is 1. The smallest absolute Gasteiger partial charge is 0.343 e. The molecule has 0 radical (unpaired) electrons. The van der Waals surface area contributed by atoms with Crippen LogP contribution < -0.4 is 4.74 Å². The zero-order valence-electron chi connectivity index (χ0n) is 17.4. The molecule has 3 aromatic carbocycles. The van der Waals surface area contributed by atoms with Crippen molar-refractivity contribution < 1.29 is 19.1 Å². The topological polar surface area (TPSA) is 63.7 Å². The zero-order valence-corrected chi connectivity index (χ0v) is 19.7. The molecular weight excluding hydrogens is 481 g/mol. The summed E-state index contributed by atoms with van der Waals surface area (Å²) in [6.07, 6.45) is 1.55. The molecule has 2 amide bonds. The van der Waals surface area contributed by atoms with Gasteiger partial charge in [0.15, 0.2) is 0 Å². The van der Waals surface area contributed by atoms with Crippen LogP contribution in [0.15, 0.2) is 71.6 Å². The summed E-state index contributed by atoms with van der Waals surface area (Å²) in [5.74, 6) is -0.673. The molecule has 1 aliphatic rings. The van der Waals surface area contributed by atoms with Crippen LogP contribution in [0.25, 0.3) is 6.08 Å². The van der Waals surface area contributed by atoms with Crippen LogP contribution in [0.3, 0.4) is 0 Å². The summed E-state index contributed by atoms with van der Waals surface area (Å²) in [6, 6.07) is 18.7. The Hall–Kier alpha value is -3.06. The van der Waals surface area contributed by atoms with Crippen LogP contribution in [0.1, 0.15) is 27.0 Å². The molecule has 0 aromatic heterocycles. The molecule has 0 N–H and O–H groups in total. The largest absolute Gasteiger partial charge is 0.422 e. The molecule has 0 bridgehead atoms.